The highest BCUT2D eigenvalue weighted by Gasteiger charge is 2.64. The molecule has 0 spiro atoms. The largest absolute Gasteiger partial charge is 0.396 e. The van der Waals surface area contributed by atoms with Crippen molar-refractivity contribution in [3.8, 4) is 0 Å². The Kier molecular flexibility index (Phi) is 9.65. The van der Waals surface area contributed by atoms with Crippen LogP contribution in [0, 0.1) is 0 Å². The van der Waals surface area contributed by atoms with Crippen LogP contribution in [0.2, 0.25) is 64.5 Å². The molecule has 0 aliphatic heterocycles. The number of nitrogens with zero attached hydrogens (tertiary/aromatic N) is 1. The van der Waals surface area contributed by atoms with Gasteiger partial charge in [-0.3, -0.25) is 4.99 Å². The van der Waals surface area contributed by atoms with Crippen LogP contribution in [0.15, 0.2) is 4.99 Å². The lowest BCUT2D eigenvalue weighted by Crippen LogP contribution is -2.85. The third-order valence-electron chi connectivity index (χ3n) is 5.13. The molecule has 140 valence electrons. The molecule has 0 rings (SSSR count). The normalized spacial score (nSPS) is 14.9. The van der Waals surface area contributed by atoms with Gasteiger partial charge in [0.2, 0.25) is 0 Å². The highest BCUT2D eigenvalue weighted by Crippen LogP contribution is 2.46. The molecule has 23 heavy (non-hydrogen) atoms. The molecular formula is C14H40ClN3OSi4. The number of guanidine groups is 1. The molecule has 0 radical (unpaired) electrons. The summed E-state index contributed by atoms with van der Waals surface area (Å²) >= 11 is 0. The monoisotopic (exact) mass is 413 g/mol. The van der Waals surface area contributed by atoms with E-state index in [1.54, 1.807) is 0 Å². The van der Waals surface area contributed by atoms with E-state index in [1.807, 2.05) is 0 Å². The molecule has 0 aromatic carbocycles. The Balaban J connectivity index is 0. The Morgan fingerprint density at radius 2 is 1.22 bits per heavy atom. The number of halogens is 1. The minimum atomic E-state index is -1.58. The molecule has 0 saturated carbocycles. The van der Waals surface area contributed by atoms with Gasteiger partial charge in [-0.15, -0.1) is 12.4 Å². The van der Waals surface area contributed by atoms with E-state index in [0.29, 0.717) is 12.1 Å². The minimum absolute atomic E-state index is 0. The molecule has 0 heterocycles. The molecule has 0 saturated heterocycles. The quantitative estimate of drug-likeness (QED) is 0.324. The van der Waals surface area contributed by atoms with Gasteiger partial charge in [-0.1, -0.05) is 58.9 Å². The van der Waals surface area contributed by atoms with Gasteiger partial charge in [-0.05, 0) is 12.0 Å². The summed E-state index contributed by atoms with van der Waals surface area (Å²) in [4.78, 5) is 4.41. The molecule has 0 aromatic rings. The van der Waals surface area contributed by atoms with E-state index in [1.165, 1.54) is 0 Å². The Morgan fingerprint density at radius 1 is 0.870 bits per heavy atom. The Bertz CT molecular complexity index is 360. The molecular weight excluding hydrogens is 374 g/mol. The molecule has 0 aliphatic carbocycles. The van der Waals surface area contributed by atoms with Crippen LogP contribution in [-0.2, 0) is 0 Å². The molecule has 9 heteroatoms. The third-order valence-corrected chi connectivity index (χ3v) is 79.4. The van der Waals surface area contributed by atoms with Gasteiger partial charge in [-0.25, -0.2) is 0 Å². The molecule has 0 fully saturated rings. The second-order valence-corrected chi connectivity index (χ2v) is 50.6. The van der Waals surface area contributed by atoms with Gasteiger partial charge < -0.3 is 16.6 Å². The van der Waals surface area contributed by atoms with Gasteiger partial charge in [0, 0.05) is 42.6 Å². The first-order valence-electron chi connectivity index (χ1n) is 8.29. The molecule has 4 nitrogen and oxygen atoms in total. The van der Waals surface area contributed by atoms with E-state index in [4.69, 9.17) is 11.5 Å². The number of hydrogen-bond acceptors (Lipinski definition) is 2. The van der Waals surface area contributed by atoms with Crippen molar-refractivity contribution in [2.45, 2.75) is 70.9 Å². The van der Waals surface area contributed by atoms with Crippen LogP contribution >= 0.6 is 12.4 Å². The zero-order valence-corrected chi connectivity index (χ0v) is 21.5. The molecule has 0 bridgehead atoms. The summed E-state index contributed by atoms with van der Waals surface area (Å²) in [6.07, 6.45) is 0.863. The molecule has 5 N–H and O–H groups in total. The van der Waals surface area contributed by atoms with Gasteiger partial charge in [0.1, 0.15) is 0 Å². The van der Waals surface area contributed by atoms with E-state index in [0.717, 1.165) is 6.42 Å². The second kappa shape index (κ2) is 8.66. The maximum Gasteiger partial charge on any atom is 0.185 e. The zero-order chi connectivity index (χ0) is 18.0. The van der Waals surface area contributed by atoms with Gasteiger partial charge in [0.05, 0.1) is 0 Å². The molecule has 0 aliphatic rings. The van der Waals surface area contributed by atoms with E-state index in [9.17, 15) is 5.11 Å². The van der Waals surface area contributed by atoms with Crippen molar-refractivity contribution < 1.29 is 5.11 Å². The average molecular weight is 414 g/mol. The Morgan fingerprint density at radius 3 is 1.43 bits per heavy atom. The number of aliphatic hydroxyl groups is 1. The van der Waals surface area contributed by atoms with Crippen molar-refractivity contribution in [2.75, 3.05) is 13.2 Å². The van der Waals surface area contributed by atoms with Crippen LogP contribution in [0.5, 0.6) is 0 Å². The average Bonchev–Trinajstić information content (AvgIpc) is 2.20. The third kappa shape index (κ3) is 5.43. The van der Waals surface area contributed by atoms with Crippen molar-refractivity contribution in [1.29, 1.82) is 0 Å². The minimum Gasteiger partial charge on any atom is -0.396 e. The summed E-state index contributed by atoms with van der Waals surface area (Å²) < 4.78 is 0. The predicted molar refractivity (Wildman–Crippen MR) is 119 cm³/mol. The van der Waals surface area contributed by atoms with Crippen LogP contribution in [-0.4, -0.2) is 53.6 Å². The van der Waals surface area contributed by atoms with Crippen molar-refractivity contribution in [3.05, 3.63) is 0 Å². The maximum atomic E-state index is 9.72. The van der Waals surface area contributed by atoms with Crippen molar-refractivity contribution in [1.82, 2.24) is 0 Å². The molecule has 1 atom stereocenters. The van der Waals surface area contributed by atoms with Gasteiger partial charge in [0.25, 0.3) is 0 Å². The van der Waals surface area contributed by atoms with Crippen LogP contribution < -0.4 is 11.5 Å². The first-order valence-corrected chi connectivity index (χ1v) is 23.9. The van der Waals surface area contributed by atoms with Crippen molar-refractivity contribution in [2.24, 2.45) is 16.5 Å². The Labute approximate surface area is 153 Å². The summed E-state index contributed by atoms with van der Waals surface area (Å²) in [7, 11) is -4.14. The van der Waals surface area contributed by atoms with Crippen LogP contribution in [0.4, 0.5) is 0 Å². The highest BCUT2D eigenvalue weighted by atomic mass is 35.5. The second-order valence-electron chi connectivity index (χ2n) is 9.53. The predicted octanol–water partition coefficient (Wildman–Crippen LogP) is 3.13. The summed E-state index contributed by atoms with van der Waals surface area (Å²) in [6.45, 7) is 22.5. The van der Waals surface area contributed by atoms with Crippen LogP contribution in [0.1, 0.15) is 6.42 Å². The number of aliphatic imine (C=N–C) groups is 1. The molecule has 0 amide bonds. The summed E-state index contributed by atoms with van der Waals surface area (Å²) in [5.41, 5.74) is 11.8. The standard InChI is InChI=1S/C14H39N3OSi4.ClH/c1-19(2,3)22(20(4,5)6,21(7,8)9)13(10-11-18)12-17-14(15)16;/h13,18H,10-12H2,1-9H3,(H4,15,16,17);1H. The van der Waals surface area contributed by atoms with E-state index < -0.39 is 29.4 Å². The fourth-order valence-corrected chi connectivity index (χ4v) is 112. The fraction of sp³-hybridized carbons (Fsp3) is 0.929. The number of rotatable bonds is 8. The number of aliphatic hydroxyl groups excluding tert-OH is 1. The van der Waals surface area contributed by atoms with Crippen molar-refractivity contribution in [3.63, 3.8) is 0 Å². The van der Waals surface area contributed by atoms with Gasteiger partial charge in [0.15, 0.2) is 5.96 Å². The smallest absolute Gasteiger partial charge is 0.185 e. The van der Waals surface area contributed by atoms with Gasteiger partial charge >= 0.3 is 0 Å². The SMILES string of the molecule is C[Si](C)(C)[Si](C(CCO)CN=C(N)N)([Si](C)(C)C)[Si](C)(C)C.Cl. The van der Waals surface area contributed by atoms with E-state index >= 15 is 0 Å². The number of nitrogens with two attached hydrogens (primary N) is 2. The van der Waals surface area contributed by atoms with Crippen LogP contribution in [0.3, 0.4) is 0 Å². The van der Waals surface area contributed by atoms with Gasteiger partial charge in [-0.2, -0.15) is 0 Å². The van der Waals surface area contributed by atoms with Crippen molar-refractivity contribution >= 4 is 47.8 Å². The molecule has 0 aromatic heterocycles. The summed E-state index contributed by atoms with van der Waals surface area (Å²) in [5.74, 6) is 0.188. The van der Waals surface area contributed by atoms with E-state index in [2.05, 4.69) is 63.9 Å². The molecule has 1 unspecified atom stereocenters. The zero-order valence-electron chi connectivity index (χ0n) is 16.7. The lowest BCUT2D eigenvalue weighted by atomic mass is 10.3. The topological polar surface area (TPSA) is 84.6 Å². The highest BCUT2D eigenvalue weighted by molar-refractivity contribution is 7.89. The van der Waals surface area contributed by atoms with Crippen LogP contribution in [0.25, 0.3) is 0 Å². The Hall–Kier alpha value is 0.388. The number of hydrogen-bond donors (Lipinski definition) is 3. The lowest BCUT2D eigenvalue weighted by Gasteiger charge is -2.61. The first kappa shape index (κ1) is 25.6. The lowest BCUT2D eigenvalue weighted by molar-refractivity contribution is 0.285. The first-order chi connectivity index (χ1) is 9.63. The summed E-state index contributed by atoms with van der Waals surface area (Å²) in [6, 6.07) is 0. The fourth-order valence-electron chi connectivity index (χ4n) is 6.03. The summed E-state index contributed by atoms with van der Waals surface area (Å²) in [5, 5.41) is 9.72. The van der Waals surface area contributed by atoms with E-state index in [-0.39, 0.29) is 25.0 Å². The maximum absolute atomic E-state index is 9.72.